The Kier molecular flexibility index (Phi) is 2.49. The van der Waals surface area contributed by atoms with E-state index in [1.54, 1.807) is 13.8 Å². The Hall–Kier alpha value is -2.42. The van der Waals surface area contributed by atoms with Crippen molar-refractivity contribution in [2.24, 2.45) is 0 Å². The molecule has 0 unspecified atom stereocenters. The van der Waals surface area contributed by atoms with Crippen LogP contribution < -0.4 is 0 Å². The summed E-state index contributed by atoms with van der Waals surface area (Å²) in [6, 6.07) is 13.7. The lowest BCUT2D eigenvalue weighted by Gasteiger charge is -2.10. The van der Waals surface area contributed by atoms with Crippen molar-refractivity contribution >= 4 is 10.8 Å². The number of rotatable bonds is 1. The molecule has 3 nitrogen and oxygen atoms in total. The third kappa shape index (κ3) is 1.58. The molecule has 96 valence electrons. The number of hydrogen-bond donors (Lipinski definition) is 2. The summed E-state index contributed by atoms with van der Waals surface area (Å²) in [5.74, 6) is 0.178. The quantitative estimate of drug-likeness (QED) is 0.695. The van der Waals surface area contributed by atoms with E-state index < -0.39 is 0 Å². The first-order valence-electron chi connectivity index (χ1n) is 6.19. The lowest BCUT2D eigenvalue weighted by atomic mass is 10.1. The van der Waals surface area contributed by atoms with E-state index in [2.05, 4.69) is 0 Å². The van der Waals surface area contributed by atoms with Gasteiger partial charge in [0.1, 0.15) is 0 Å². The van der Waals surface area contributed by atoms with E-state index in [9.17, 15) is 10.2 Å². The van der Waals surface area contributed by atoms with Crippen molar-refractivity contribution < 1.29 is 10.2 Å². The minimum absolute atomic E-state index is 0.0892. The first-order valence-corrected chi connectivity index (χ1v) is 6.19. The molecule has 2 N–H and O–H groups in total. The van der Waals surface area contributed by atoms with Crippen molar-refractivity contribution in [3.8, 4) is 17.4 Å². The van der Waals surface area contributed by atoms with Crippen molar-refractivity contribution in [2.75, 3.05) is 0 Å². The number of aromatic hydroxyl groups is 2. The van der Waals surface area contributed by atoms with Gasteiger partial charge < -0.3 is 10.2 Å². The maximum absolute atomic E-state index is 10.2. The van der Waals surface area contributed by atoms with E-state index in [1.165, 1.54) is 4.57 Å². The van der Waals surface area contributed by atoms with Crippen LogP contribution in [0.1, 0.15) is 11.1 Å². The molecule has 0 aliphatic heterocycles. The Morgan fingerprint density at radius 3 is 2.05 bits per heavy atom. The summed E-state index contributed by atoms with van der Waals surface area (Å²) in [5.41, 5.74) is 2.18. The van der Waals surface area contributed by atoms with Crippen LogP contribution in [0.2, 0.25) is 0 Å². The van der Waals surface area contributed by atoms with Gasteiger partial charge in [0.05, 0.1) is 5.69 Å². The molecule has 0 spiro atoms. The fourth-order valence-electron chi connectivity index (χ4n) is 2.40. The zero-order valence-electron chi connectivity index (χ0n) is 10.9. The van der Waals surface area contributed by atoms with Crippen LogP contribution in [0.5, 0.6) is 11.8 Å². The van der Waals surface area contributed by atoms with E-state index in [0.29, 0.717) is 11.1 Å². The molecule has 1 heterocycles. The van der Waals surface area contributed by atoms with Gasteiger partial charge in [0.25, 0.3) is 0 Å². The number of aromatic nitrogens is 1. The molecule has 0 radical (unpaired) electrons. The molecule has 2 aromatic carbocycles. The number of fused-ring (bicyclic) bond motifs is 1. The number of nitrogens with zero attached hydrogens (tertiary/aromatic N) is 1. The highest BCUT2D eigenvalue weighted by molar-refractivity contribution is 5.90. The van der Waals surface area contributed by atoms with Crippen LogP contribution in [-0.2, 0) is 0 Å². The van der Waals surface area contributed by atoms with Gasteiger partial charge in [-0.15, -0.1) is 0 Å². The van der Waals surface area contributed by atoms with Crippen LogP contribution in [-0.4, -0.2) is 14.8 Å². The highest BCUT2D eigenvalue weighted by Crippen LogP contribution is 2.37. The van der Waals surface area contributed by atoms with E-state index in [1.807, 2.05) is 42.5 Å². The topological polar surface area (TPSA) is 45.4 Å². The summed E-state index contributed by atoms with van der Waals surface area (Å²) in [7, 11) is 0. The molecule has 3 aromatic rings. The van der Waals surface area contributed by atoms with Gasteiger partial charge in [-0.1, -0.05) is 36.4 Å². The number of hydrogen-bond acceptors (Lipinski definition) is 2. The molecule has 0 atom stereocenters. The predicted molar refractivity (Wildman–Crippen MR) is 76.1 cm³/mol. The largest absolute Gasteiger partial charge is 0.494 e. The van der Waals surface area contributed by atoms with Crippen molar-refractivity contribution in [3.05, 3.63) is 53.6 Å². The smallest absolute Gasteiger partial charge is 0.201 e. The Balaban J connectivity index is 2.40. The minimum Gasteiger partial charge on any atom is -0.494 e. The summed E-state index contributed by atoms with van der Waals surface area (Å²) in [5, 5.41) is 22.5. The van der Waals surface area contributed by atoms with E-state index in [0.717, 1.165) is 16.5 Å². The van der Waals surface area contributed by atoms with Gasteiger partial charge in [-0.3, -0.25) is 4.57 Å². The lowest BCUT2D eigenvalue weighted by Crippen LogP contribution is -1.94. The molecule has 3 heteroatoms. The molecule has 0 aliphatic rings. The van der Waals surface area contributed by atoms with Crippen LogP contribution in [0, 0.1) is 13.8 Å². The summed E-state index contributed by atoms with van der Waals surface area (Å²) >= 11 is 0. The molecule has 0 amide bonds. The summed E-state index contributed by atoms with van der Waals surface area (Å²) in [4.78, 5) is 0. The second kappa shape index (κ2) is 4.05. The van der Waals surface area contributed by atoms with E-state index in [-0.39, 0.29) is 11.8 Å². The van der Waals surface area contributed by atoms with Gasteiger partial charge in [-0.25, -0.2) is 0 Å². The molecular weight excluding hydrogens is 238 g/mol. The maximum Gasteiger partial charge on any atom is 0.201 e. The first kappa shape index (κ1) is 11.7. The predicted octanol–water partition coefficient (Wildman–Crippen LogP) is 3.66. The molecule has 1 aromatic heterocycles. The highest BCUT2D eigenvalue weighted by Gasteiger charge is 2.18. The van der Waals surface area contributed by atoms with Gasteiger partial charge in [-0.2, -0.15) is 0 Å². The molecular formula is C16H15NO2. The van der Waals surface area contributed by atoms with Crippen LogP contribution in [0.3, 0.4) is 0 Å². The minimum atomic E-state index is 0.0892. The second-order valence-corrected chi connectivity index (χ2v) is 4.73. The number of benzene rings is 2. The molecule has 0 bridgehead atoms. The van der Waals surface area contributed by atoms with Crippen molar-refractivity contribution in [1.29, 1.82) is 0 Å². The van der Waals surface area contributed by atoms with Gasteiger partial charge in [0.2, 0.25) is 11.8 Å². The standard InChI is InChI=1S/C16H15NO2/c1-10-11(2)16(19)17(15(10)18)14-9-5-7-12-6-3-4-8-13(12)14/h3-9,18-19H,1-2H3. The van der Waals surface area contributed by atoms with Gasteiger partial charge >= 0.3 is 0 Å². The van der Waals surface area contributed by atoms with Crippen LogP contribution >= 0.6 is 0 Å². The monoisotopic (exact) mass is 253 g/mol. The maximum atomic E-state index is 10.2. The molecule has 0 fully saturated rings. The normalized spacial score (nSPS) is 11.1. The van der Waals surface area contributed by atoms with Crippen molar-refractivity contribution in [2.45, 2.75) is 13.8 Å². The second-order valence-electron chi connectivity index (χ2n) is 4.73. The third-order valence-corrected chi connectivity index (χ3v) is 3.66. The Morgan fingerprint density at radius 1 is 0.789 bits per heavy atom. The van der Waals surface area contributed by atoms with Gasteiger partial charge in [-0.05, 0) is 25.3 Å². The first-order chi connectivity index (χ1) is 9.11. The highest BCUT2D eigenvalue weighted by atomic mass is 16.3. The zero-order valence-corrected chi connectivity index (χ0v) is 10.9. The summed E-state index contributed by atoms with van der Waals surface area (Å²) in [6.07, 6.45) is 0. The molecule has 3 rings (SSSR count). The Bertz CT molecular complexity index is 741. The SMILES string of the molecule is Cc1c(C)c(O)n(-c2cccc3ccccc23)c1O. The Morgan fingerprint density at radius 2 is 1.37 bits per heavy atom. The molecule has 19 heavy (non-hydrogen) atoms. The fourth-order valence-corrected chi connectivity index (χ4v) is 2.40. The van der Waals surface area contributed by atoms with Crippen LogP contribution in [0.4, 0.5) is 0 Å². The fraction of sp³-hybridized carbons (Fsp3) is 0.125. The van der Waals surface area contributed by atoms with E-state index >= 15 is 0 Å². The van der Waals surface area contributed by atoms with Gasteiger partial charge in [0, 0.05) is 16.5 Å². The third-order valence-electron chi connectivity index (χ3n) is 3.66. The lowest BCUT2D eigenvalue weighted by molar-refractivity contribution is 0.401. The zero-order chi connectivity index (χ0) is 13.6. The average Bonchev–Trinajstić information content (AvgIpc) is 2.63. The van der Waals surface area contributed by atoms with Gasteiger partial charge in [0.15, 0.2) is 0 Å². The summed E-state index contributed by atoms with van der Waals surface area (Å²) < 4.78 is 1.49. The Labute approximate surface area is 111 Å². The molecule has 0 aliphatic carbocycles. The van der Waals surface area contributed by atoms with Crippen LogP contribution in [0.25, 0.3) is 16.5 Å². The van der Waals surface area contributed by atoms with Crippen LogP contribution in [0.15, 0.2) is 42.5 Å². The molecule has 0 saturated carbocycles. The average molecular weight is 253 g/mol. The van der Waals surface area contributed by atoms with Crippen molar-refractivity contribution in [1.82, 2.24) is 4.57 Å². The summed E-state index contributed by atoms with van der Waals surface area (Å²) in [6.45, 7) is 3.60. The van der Waals surface area contributed by atoms with Crippen molar-refractivity contribution in [3.63, 3.8) is 0 Å². The van der Waals surface area contributed by atoms with E-state index in [4.69, 9.17) is 0 Å². The molecule has 0 saturated heterocycles.